The van der Waals surface area contributed by atoms with Crippen molar-refractivity contribution in [3.63, 3.8) is 0 Å². The molecular formula is C23H24N4O5S. The van der Waals surface area contributed by atoms with Gasteiger partial charge in [-0.1, -0.05) is 23.5 Å². The minimum atomic E-state index is -0.697. The van der Waals surface area contributed by atoms with Gasteiger partial charge in [0.05, 0.1) is 43.3 Å². The van der Waals surface area contributed by atoms with Crippen LogP contribution in [0.25, 0.3) is 6.08 Å². The number of nitrogens with zero attached hydrogens (tertiary/aromatic N) is 4. The van der Waals surface area contributed by atoms with Crippen LogP contribution in [-0.4, -0.2) is 41.6 Å². The number of carbonyl (C=O) groups excluding carboxylic acids is 1. The van der Waals surface area contributed by atoms with E-state index in [1.54, 1.807) is 44.2 Å². The van der Waals surface area contributed by atoms with Crippen molar-refractivity contribution < 1.29 is 19.0 Å². The van der Waals surface area contributed by atoms with Crippen molar-refractivity contribution in [2.24, 2.45) is 12.0 Å². The Hall–Kier alpha value is -3.66. The number of hydrogen-bond acceptors (Lipinski definition) is 8. The molecule has 0 fully saturated rings. The summed E-state index contributed by atoms with van der Waals surface area (Å²) in [6.07, 6.45) is 3.42. The van der Waals surface area contributed by atoms with Gasteiger partial charge in [-0.15, -0.1) is 0 Å². The van der Waals surface area contributed by atoms with Crippen molar-refractivity contribution in [2.75, 3.05) is 21.3 Å². The van der Waals surface area contributed by atoms with Crippen molar-refractivity contribution >= 4 is 23.4 Å². The van der Waals surface area contributed by atoms with Crippen molar-refractivity contribution in [3.05, 3.63) is 72.2 Å². The fourth-order valence-corrected chi connectivity index (χ4v) is 4.98. The van der Waals surface area contributed by atoms with Crippen LogP contribution in [0.15, 0.2) is 45.5 Å². The molecule has 3 heterocycles. The average molecular weight is 469 g/mol. The summed E-state index contributed by atoms with van der Waals surface area (Å²) < 4.78 is 19.6. The Balaban J connectivity index is 2.01. The summed E-state index contributed by atoms with van der Waals surface area (Å²) in [6.45, 7) is 3.64. The van der Waals surface area contributed by atoms with Gasteiger partial charge in [-0.3, -0.25) is 14.0 Å². The van der Waals surface area contributed by atoms with Crippen LogP contribution in [-0.2, 0) is 16.6 Å². The normalized spacial score (nSPS) is 15.8. The SMILES string of the molecule is COC(=O)C1=C(C)N=c2s/c(=C/c3cccc(OC)c3OC)c(=O)n2[C@@H]1c1cnn(C)c1C. The molecule has 172 valence electrons. The lowest BCUT2D eigenvalue weighted by Gasteiger charge is -2.23. The number of thiazole rings is 1. The summed E-state index contributed by atoms with van der Waals surface area (Å²) in [6, 6.07) is 4.75. The average Bonchev–Trinajstić information content (AvgIpc) is 3.30. The molecule has 33 heavy (non-hydrogen) atoms. The van der Waals surface area contributed by atoms with Crippen molar-refractivity contribution in [2.45, 2.75) is 19.9 Å². The number of carbonyl (C=O) groups is 1. The lowest BCUT2D eigenvalue weighted by atomic mass is 9.96. The van der Waals surface area contributed by atoms with Crippen molar-refractivity contribution in [3.8, 4) is 11.5 Å². The van der Waals surface area contributed by atoms with Gasteiger partial charge in [0.15, 0.2) is 16.3 Å². The number of esters is 1. The fourth-order valence-electron chi connectivity index (χ4n) is 3.94. The molecule has 9 nitrogen and oxygen atoms in total. The van der Waals surface area contributed by atoms with Gasteiger partial charge >= 0.3 is 5.97 Å². The second-order valence-corrected chi connectivity index (χ2v) is 8.47. The number of aryl methyl sites for hydroxylation is 1. The molecule has 0 amide bonds. The molecule has 0 saturated carbocycles. The molecule has 0 unspecified atom stereocenters. The van der Waals surface area contributed by atoms with Gasteiger partial charge in [0.2, 0.25) is 0 Å². The van der Waals surface area contributed by atoms with Crippen molar-refractivity contribution in [1.82, 2.24) is 14.3 Å². The van der Waals surface area contributed by atoms with Gasteiger partial charge in [-0.2, -0.15) is 5.10 Å². The maximum Gasteiger partial charge on any atom is 0.338 e. The fraction of sp³-hybridized carbons (Fsp3) is 0.304. The molecule has 0 N–H and O–H groups in total. The molecule has 1 aromatic carbocycles. The highest BCUT2D eigenvalue weighted by Gasteiger charge is 2.35. The largest absolute Gasteiger partial charge is 0.493 e. The van der Waals surface area contributed by atoms with Gasteiger partial charge in [-0.05, 0) is 26.0 Å². The predicted octanol–water partition coefficient (Wildman–Crippen LogP) is 1.47. The first-order valence-corrected chi connectivity index (χ1v) is 10.9. The molecule has 0 saturated heterocycles. The summed E-state index contributed by atoms with van der Waals surface area (Å²) in [5, 5.41) is 4.32. The zero-order valence-corrected chi connectivity index (χ0v) is 20.0. The van der Waals surface area contributed by atoms with E-state index in [2.05, 4.69) is 10.1 Å². The van der Waals surface area contributed by atoms with E-state index in [1.165, 1.54) is 23.0 Å². The first-order valence-electron chi connectivity index (χ1n) is 10.1. The maximum atomic E-state index is 13.6. The van der Waals surface area contributed by atoms with Crippen LogP contribution >= 0.6 is 11.3 Å². The van der Waals surface area contributed by atoms with Gasteiger partial charge < -0.3 is 14.2 Å². The summed E-state index contributed by atoms with van der Waals surface area (Å²) in [4.78, 5) is 31.4. The van der Waals surface area contributed by atoms with E-state index >= 15 is 0 Å². The number of hydrogen-bond donors (Lipinski definition) is 0. The molecule has 1 atom stereocenters. The Morgan fingerprint density at radius 1 is 1.18 bits per heavy atom. The first-order chi connectivity index (χ1) is 15.8. The number of para-hydroxylation sites is 1. The highest BCUT2D eigenvalue weighted by Crippen LogP contribution is 2.33. The van der Waals surface area contributed by atoms with E-state index in [0.717, 1.165) is 11.3 Å². The highest BCUT2D eigenvalue weighted by molar-refractivity contribution is 7.07. The number of fused-ring (bicyclic) bond motifs is 1. The van der Waals surface area contributed by atoms with Crippen molar-refractivity contribution in [1.29, 1.82) is 0 Å². The van der Waals surface area contributed by atoms with Crippen LogP contribution in [0.4, 0.5) is 0 Å². The lowest BCUT2D eigenvalue weighted by Crippen LogP contribution is -2.40. The highest BCUT2D eigenvalue weighted by atomic mass is 32.1. The third kappa shape index (κ3) is 3.66. The molecule has 2 aromatic heterocycles. The summed E-state index contributed by atoms with van der Waals surface area (Å²) in [7, 11) is 6.23. The van der Waals surface area contributed by atoms with E-state index in [4.69, 9.17) is 14.2 Å². The van der Waals surface area contributed by atoms with Gasteiger partial charge in [0.1, 0.15) is 6.04 Å². The Morgan fingerprint density at radius 3 is 2.55 bits per heavy atom. The van der Waals surface area contributed by atoms with Crippen LogP contribution in [0.1, 0.15) is 29.8 Å². The number of ether oxygens (including phenoxy) is 3. The topological polar surface area (TPSA) is 96.9 Å². The zero-order valence-electron chi connectivity index (χ0n) is 19.2. The smallest absolute Gasteiger partial charge is 0.338 e. The Bertz CT molecular complexity index is 1460. The second-order valence-electron chi connectivity index (χ2n) is 7.47. The summed E-state index contributed by atoms with van der Waals surface area (Å²) in [5.41, 5.74) is 2.80. The third-order valence-corrected chi connectivity index (χ3v) is 6.70. The molecule has 0 spiro atoms. The molecule has 3 aromatic rings. The zero-order chi connectivity index (χ0) is 23.9. The first kappa shape index (κ1) is 22.5. The standard InChI is InChI=1S/C23H24N4O5S/c1-12-18(22(29)32-6)19(15-11-24-26(3)13(15)2)27-21(28)17(33-23(27)25-12)10-14-8-7-9-16(30-4)20(14)31-5/h7-11,19H,1-6H3/b17-10+/t19-/m1/s1. The van der Waals surface area contributed by atoms with Crippen LogP contribution in [0.2, 0.25) is 0 Å². The minimum Gasteiger partial charge on any atom is -0.493 e. The predicted molar refractivity (Wildman–Crippen MR) is 123 cm³/mol. The molecule has 0 radical (unpaired) electrons. The molecular weight excluding hydrogens is 444 g/mol. The molecule has 1 aliphatic heterocycles. The van der Waals surface area contributed by atoms with Crippen LogP contribution in [0.5, 0.6) is 11.5 Å². The van der Waals surface area contributed by atoms with Crippen LogP contribution < -0.4 is 24.4 Å². The summed E-state index contributed by atoms with van der Waals surface area (Å²) >= 11 is 1.24. The Labute approximate surface area is 193 Å². The summed E-state index contributed by atoms with van der Waals surface area (Å²) in [5.74, 6) is 0.553. The molecule has 1 aliphatic rings. The van der Waals surface area contributed by atoms with E-state index in [-0.39, 0.29) is 5.56 Å². The number of benzene rings is 1. The van der Waals surface area contributed by atoms with Gasteiger partial charge in [0, 0.05) is 23.9 Å². The van der Waals surface area contributed by atoms with Crippen LogP contribution in [0, 0.1) is 6.92 Å². The molecule has 4 rings (SSSR count). The molecule has 0 aliphatic carbocycles. The van der Waals surface area contributed by atoms with E-state index in [9.17, 15) is 9.59 Å². The number of aromatic nitrogens is 3. The van der Waals surface area contributed by atoms with E-state index < -0.39 is 12.0 Å². The minimum absolute atomic E-state index is 0.272. The molecule has 0 bridgehead atoms. The number of allylic oxidation sites excluding steroid dienone is 1. The maximum absolute atomic E-state index is 13.6. The van der Waals surface area contributed by atoms with Gasteiger partial charge in [-0.25, -0.2) is 9.79 Å². The Morgan fingerprint density at radius 2 is 1.94 bits per heavy atom. The third-order valence-electron chi connectivity index (χ3n) is 5.71. The van der Waals surface area contributed by atoms with Crippen LogP contribution in [0.3, 0.4) is 0 Å². The number of rotatable bonds is 5. The second kappa shape index (κ2) is 8.70. The molecule has 10 heteroatoms. The van der Waals surface area contributed by atoms with Gasteiger partial charge in [0.25, 0.3) is 5.56 Å². The van der Waals surface area contributed by atoms with E-state index in [1.807, 2.05) is 26.1 Å². The van der Waals surface area contributed by atoms with E-state index in [0.29, 0.717) is 37.7 Å². The quantitative estimate of drug-likeness (QED) is 0.526. The lowest BCUT2D eigenvalue weighted by molar-refractivity contribution is -0.136. The Kier molecular flexibility index (Phi) is 5.94. The monoisotopic (exact) mass is 468 g/mol. The number of methoxy groups -OCH3 is 3.